The van der Waals surface area contributed by atoms with Crippen LogP contribution in [0.4, 0.5) is 26.1 Å². The third kappa shape index (κ3) is 6.25. The lowest BCUT2D eigenvalue weighted by molar-refractivity contribution is 0.180. The van der Waals surface area contributed by atoms with Crippen LogP contribution in [0.1, 0.15) is 30.3 Å². The monoisotopic (exact) mass is 509 g/mol. The van der Waals surface area contributed by atoms with Gasteiger partial charge in [0.25, 0.3) is 0 Å². The van der Waals surface area contributed by atoms with E-state index < -0.39 is 0 Å². The van der Waals surface area contributed by atoms with E-state index in [0.717, 1.165) is 47.0 Å². The second-order valence-corrected chi connectivity index (χ2v) is 9.53. The number of methoxy groups -OCH3 is 2. The first kappa shape index (κ1) is 25.3. The molecule has 10 heteroatoms. The van der Waals surface area contributed by atoms with Crippen molar-refractivity contribution in [3.8, 4) is 11.5 Å². The molecule has 36 heavy (non-hydrogen) atoms. The van der Waals surface area contributed by atoms with Gasteiger partial charge in [0.15, 0.2) is 5.13 Å². The van der Waals surface area contributed by atoms with Crippen LogP contribution in [-0.2, 0) is 12.8 Å². The Labute approximate surface area is 214 Å². The molecule has 0 bridgehead atoms. The Bertz CT molecular complexity index is 1180. The zero-order valence-corrected chi connectivity index (χ0v) is 21.5. The summed E-state index contributed by atoms with van der Waals surface area (Å²) in [5.74, 6) is 1.46. The highest BCUT2D eigenvalue weighted by atomic mass is 32.1. The number of benzene rings is 2. The van der Waals surface area contributed by atoms with E-state index >= 15 is 0 Å². The van der Waals surface area contributed by atoms with Gasteiger partial charge in [-0.05, 0) is 67.8 Å². The maximum atomic E-state index is 13.1. The molecule has 1 aromatic heterocycles. The van der Waals surface area contributed by atoms with E-state index in [1.54, 1.807) is 38.5 Å². The van der Waals surface area contributed by atoms with Crippen molar-refractivity contribution in [1.29, 1.82) is 0 Å². The molecule has 0 aliphatic heterocycles. The Morgan fingerprint density at radius 1 is 0.972 bits per heavy atom. The number of ether oxygens (including phenoxy) is 2. The van der Waals surface area contributed by atoms with Crippen molar-refractivity contribution in [3.05, 3.63) is 59.1 Å². The van der Waals surface area contributed by atoms with Crippen molar-refractivity contribution in [1.82, 2.24) is 9.88 Å². The Hall–Kier alpha value is -3.79. The van der Waals surface area contributed by atoms with Gasteiger partial charge in [-0.1, -0.05) is 6.92 Å². The fourth-order valence-electron chi connectivity index (χ4n) is 4.17. The van der Waals surface area contributed by atoms with Crippen LogP contribution in [0.15, 0.2) is 48.5 Å². The van der Waals surface area contributed by atoms with Crippen LogP contribution in [0.5, 0.6) is 11.5 Å². The molecule has 1 atom stereocenters. The molecule has 3 N–H and O–H groups in total. The summed E-state index contributed by atoms with van der Waals surface area (Å²) in [6.45, 7) is 2.73. The van der Waals surface area contributed by atoms with E-state index in [9.17, 15) is 9.59 Å². The Kier molecular flexibility index (Phi) is 8.27. The number of rotatable bonds is 8. The van der Waals surface area contributed by atoms with Gasteiger partial charge in [-0.2, -0.15) is 0 Å². The molecule has 0 radical (unpaired) electrons. The average Bonchev–Trinajstić information content (AvgIpc) is 3.29. The topological polar surface area (TPSA) is 105 Å². The number of anilines is 3. The van der Waals surface area contributed by atoms with Crippen LogP contribution in [0.3, 0.4) is 0 Å². The number of hydrogen-bond acceptors (Lipinski definition) is 6. The number of fused-ring (bicyclic) bond motifs is 1. The maximum absolute atomic E-state index is 13.1. The third-order valence-corrected chi connectivity index (χ3v) is 7.02. The Morgan fingerprint density at radius 2 is 1.58 bits per heavy atom. The SMILES string of the molecule is CCCN(C(=O)Nc1ccc(OC)cc1)C1CCc2nc(NC(=O)Nc3ccc(OC)cc3)sc2C1. The highest BCUT2D eigenvalue weighted by Crippen LogP contribution is 2.32. The second-order valence-electron chi connectivity index (χ2n) is 8.45. The third-order valence-electron chi connectivity index (χ3n) is 5.99. The van der Waals surface area contributed by atoms with E-state index in [-0.39, 0.29) is 18.1 Å². The molecule has 0 saturated heterocycles. The molecule has 1 aliphatic carbocycles. The van der Waals surface area contributed by atoms with E-state index in [1.807, 2.05) is 29.2 Å². The van der Waals surface area contributed by atoms with Gasteiger partial charge in [0, 0.05) is 35.3 Å². The number of aromatic nitrogens is 1. The number of amides is 4. The number of urea groups is 2. The number of nitrogens with one attached hydrogen (secondary N) is 3. The highest BCUT2D eigenvalue weighted by Gasteiger charge is 2.30. The number of carbonyl (C=O) groups is 2. The minimum absolute atomic E-state index is 0.0668. The summed E-state index contributed by atoms with van der Waals surface area (Å²) in [6.07, 6.45) is 3.16. The Balaban J connectivity index is 1.37. The molecule has 4 rings (SSSR count). The molecule has 190 valence electrons. The van der Waals surface area contributed by atoms with Crippen LogP contribution in [0.25, 0.3) is 0 Å². The molecule has 0 fully saturated rings. The van der Waals surface area contributed by atoms with Gasteiger partial charge in [0.1, 0.15) is 11.5 Å². The molecule has 0 saturated carbocycles. The zero-order valence-electron chi connectivity index (χ0n) is 20.7. The molecule has 9 nitrogen and oxygen atoms in total. The van der Waals surface area contributed by atoms with Crippen LogP contribution >= 0.6 is 11.3 Å². The first-order valence-corrected chi connectivity index (χ1v) is 12.7. The molecule has 0 spiro atoms. The van der Waals surface area contributed by atoms with Crippen LogP contribution in [0, 0.1) is 0 Å². The van der Waals surface area contributed by atoms with Gasteiger partial charge >= 0.3 is 12.1 Å². The quantitative estimate of drug-likeness (QED) is 0.366. The molecule has 3 aromatic rings. The molecule has 1 heterocycles. The van der Waals surface area contributed by atoms with Crippen molar-refractivity contribution in [3.63, 3.8) is 0 Å². The van der Waals surface area contributed by atoms with Crippen LogP contribution in [-0.4, -0.2) is 48.8 Å². The fraction of sp³-hybridized carbons (Fsp3) is 0.346. The van der Waals surface area contributed by atoms with Crippen molar-refractivity contribution in [2.75, 3.05) is 36.7 Å². The van der Waals surface area contributed by atoms with E-state index in [4.69, 9.17) is 9.47 Å². The van der Waals surface area contributed by atoms with Crippen molar-refractivity contribution in [2.45, 2.75) is 38.6 Å². The minimum atomic E-state index is -0.353. The van der Waals surface area contributed by atoms with Gasteiger partial charge in [-0.15, -0.1) is 11.3 Å². The molecule has 2 aromatic carbocycles. The van der Waals surface area contributed by atoms with E-state index in [2.05, 4.69) is 27.9 Å². The van der Waals surface area contributed by atoms with Crippen molar-refractivity contribution >= 4 is 39.9 Å². The van der Waals surface area contributed by atoms with Gasteiger partial charge in [0.2, 0.25) is 0 Å². The first-order valence-electron chi connectivity index (χ1n) is 11.9. The summed E-state index contributed by atoms with van der Waals surface area (Å²) >= 11 is 1.46. The lowest BCUT2D eigenvalue weighted by Crippen LogP contribution is -2.45. The maximum Gasteiger partial charge on any atom is 0.325 e. The van der Waals surface area contributed by atoms with Crippen LogP contribution < -0.4 is 25.4 Å². The van der Waals surface area contributed by atoms with Crippen LogP contribution in [0.2, 0.25) is 0 Å². The molecule has 1 unspecified atom stereocenters. The summed E-state index contributed by atoms with van der Waals surface area (Å²) < 4.78 is 10.3. The number of aryl methyl sites for hydroxylation is 1. The normalized spacial score (nSPS) is 14.4. The summed E-state index contributed by atoms with van der Waals surface area (Å²) in [6, 6.07) is 14.0. The lowest BCUT2D eigenvalue weighted by atomic mass is 9.96. The zero-order chi connectivity index (χ0) is 25.5. The van der Waals surface area contributed by atoms with Crippen molar-refractivity contribution in [2.24, 2.45) is 0 Å². The number of nitrogens with zero attached hydrogens (tertiary/aromatic N) is 2. The van der Waals surface area contributed by atoms with Gasteiger partial charge < -0.3 is 25.0 Å². The molecule has 4 amide bonds. The van der Waals surface area contributed by atoms with Gasteiger partial charge in [-0.3, -0.25) is 5.32 Å². The van der Waals surface area contributed by atoms with Gasteiger partial charge in [-0.25, -0.2) is 14.6 Å². The van der Waals surface area contributed by atoms with E-state index in [0.29, 0.717) is 23.8 Å². The number of hydrogen-bond donors (Lipinski definition) is 3. The minimum Gasteiger partial charge on any atom is -0.497 e. The summed E-state index contributed by atoms with van der Waals surface area (Å²) in [5, 5.41) is 9.20. The standard InChI is InChI=1S/C26H31N5O4S/c1-4-15-31(26(33)28-18-7-12-21(35-3)13-8-18)19-9-14-22-23(16-19)36-25(29-22)30-24(32)27-17-5-10-20(34-2)11-6-17/h5-8,10-13,19H,4,9,14-16H2,1-3H3,(H,28,33)(H2,27,29,30,32). The number of thiazole rings is 1. The van der Waals surface area contributed by atoms with Crippen molar-refractivity contribution < 1.29 is 19.1 Å². The second kappa shape index (κ2) is 11.8. The highest BCUT2D eigenvalue weighted by molar-refractivity contribution is 7.15. The number of carbonyl (C=O) groups excluding carboxylic acids is 2. The van der Waals surface area contributed by atoms with Gasteiger partial charge in [0.05, 0.1) is 19.9 Å². The Morgan fingerprint density at radius 3 is 2.17 bits per heavy atom. The fourth-order valence-corrected chi connectivity index (χ4v) is 5.25. The molecular weight excluding hydrogens is 478 g/mol. The predicted octanol–water partition coefficient (Wildman–Crippen LogP) is 5.61. The summed E-state index contributed by atoms with van der Waals surface area (Å²) in [4.78, 5) is 33.2. The summed E-state index contributed by atoms with van der Waals surface area (Å²) in [5.41, 5.74) is 2.38. The smallest absolute Gasteiger partial charge is 0.325 e. The predicted molar refractivity (Wildman–Crippen MR) is 143 cm³/mol. The lowest BCUT2D eigenvalue weighted by Gasteiger charge is -2.33. The largest absolute Gasteiger partial charge is 0.497 e. The van der Waals surface area contributed by atoms with E-state index in [1.165, 1.54) is 11.3 Å². The molecule has 1 aliphatic rings. The first-order chi connectivity index (χ1) is 17.5. The summed E-state index contributed by atoms with van der Waals surface area (Å²) in [7, 11) is 3.21. The average molecular weight is 510 g/mol. The molecular formula is C26H31N5O4S.